The Kier molecular flexibility index (Phi) is 4.59. The molecule has 0 fully saturated rings. The number of hydrogen-bond donors (Lipinski definition) is 0. The maximum absolute atomic E-state index is 12.8. The molecule has 0 aromatic heterocycles. The monoisotopic (exact) mass is 323 g/mol. The Labute approximate surface area is 131 Å². The molecule has 0 saturated heterocycles. The van der Waals surface area contributed by atoms with Gasteiger partial charge in [-0.15, -0.1) is 11.6 Å². The van der Waals surface area contributed by atoms with Crippen LogP contribution >= 0.6 is 11.6 Å². The first kappa shape index (κ1) is 15.9. The zero-order valence-corrected chi connectivity index (χ0v) is 13.9. The number of halogens is 1. The Balaban J connectivity index is 2.51. The first-order valence-corrected chi connectivity index (χ1v) is 8.55. The van der Waals surface area contributed by atoms with Gasteiger partial charge in [-0.05, 0) is 48.7 Å². The summed E-state index contributed by atoms with van der Waals surface area (Å²) < 4.78 is 26.9. The number of sulfonamides is 1. The Morgan fingerprint density at radius 3 is 2.43 bits per heavy atom. The zero-order chi connectivity index (χ0) is 15.6. The van der Waals surface area contributed by atoms with Crippen LogP contribution in [0.3, 0.4) is 0 Å². The lowest BCUT2D eigenvalue weighted by Gasteiger charge is -2.21. The van der Waals surface area contributed by atoms with Crippen LogP contribution in [0.4, 0.5) is 5.69 Å². The smallest absolute Gasteiger partial charge is 0.264 e. The number of benzene rings is 2. The quantitative estimate of drug-likeness (QED) is 0.801. The highest BCUT2D eigenvalue weighted by molar-refractivity contribution is 7.92. The van der Waals surface area contributed by atoms with Crippen molar-refractivity contribution in [2.24, 2.45) is 0 Å². The molecule has 0 aliphatic heterocycles. The predicted molar refractivity (Wildman–Crippen MR) is 87.5 cm³/mol. The summed E-state index contributed by atoms with van der Waals surface area (Å²) in [5, 5.41) is 0. The molecule has 5 heteroatoms. The molecule has 0 aliphatic carbocycles. The van der Waals surface area contributed by atoms with E-state index in [1.165, 1.54) is 4.31 Å². The number of hydrogen-bond acceptors (Lipinski definition) is 2. The van der Waals surface area contributed by atoms with Gasteiger partial charge in [0.05, 0.1) is 10.6 Å². The molecule has 2 aromatic rings. The van der Waals surface area contributed by atoms with Gasteiger partial charge in [-0.25, -0.2) is 8.42 Å². The minimum atomic E-state index is -3.60. The molecule has 0 amide bonds. The summed E-state index contributed by atoms with van der Waals surface area (Å²) in [5.74, 6) is 0.289. The van der Waals surface area contributed by atoms with Gasteiger partial charge in [0, 0.05) is 12.9 Å². The molecule has 0 bridgehead atoms. The molecule has 3 nitrogen and oxygen atoms in total. The van der Waals surface area contributed by atoms with Gasteiger partial charge in [0.25, 0.3) is 10.0 Å². The molecule has 0 saturated carbocycles. The Morgan fingerprint density at radius 2 is 1.81 bits per heavy atom. The van der Waals surface area contributed by atoms with Gasteiger partial charge in [-0.1, -0.05) is 24.3 Å². The van der Waals surface area contributed by atoms with Crippen LogP contribution in [0, 0.1) is 13.8 Å². The van der Waals surface area contributed by atoms with Crippen LogP contribution in [0.15, 0.2) is 47.4 Å². The fraction of sp³-hybridized carbons (Fsp3) is 0.250. The molecule has 2 aromatic carbocycles. The van der Waals surface area contributed by atoms with E-state index in [2.05, 4.69) is 0 Å². The minimum absolute atomic E-state index is 0.289. The number of anilines is 1. The fourth-order valence-corrected chi connectivity index (χ4v) is 3.74. The van der Waals surface area contributed by atoms with E-state index in [9.17, 15) is 8.42 Å². The van der Waals surface area contributed by atoms with Crippen molar-refractivity contribution in [3.63, 3.8) is 0 Å². The van der Waals surface area contributed by atoms with Gasteiger partial charge in [0.1, 0.15) is 0 Å². The highest BCUT2D eigenvalue weighted by Gasteiger charge is 2.23. The van der Waals surface area contributed by atoms with E-state index < -0.39 is 10.0 Å². The first-order chi connectivity index (χ1) is 9.86. The molecule has 0 heterocycles. The summed E-state index contributed by atoms with van der Waals surface area (Å²) in [7, 11) is -2.03. The highest BCUT2D eigenvalue weighted by Crippen LogP contribution is 2.26. The lowest BCUT2D eigenvalue weighted by atomic mass is 10.2. The molecule has 0 radical (unpaired) electrons. The van der Waals surface area contributed by atoms with E-state index in [-0.39, 0.29) is 5.88 Å². The molecule has 2 rings (SSSR count). The van der Waals surface area contributed by atoms with Crippen LogP contribution in [-0.2, 0) is 15.9 Å². The maximum Gasteiger partial charge on any atom is 0.264 e. The molecule has 112 valence electrons. The van der Waals surface area contributed by atoms with Crippen molar-refractivity contribution in [3.8, 4) is 0 Å². The summed E-state index contributed by atoms with van der Waals surface area (Å²) in [6, 6.07) is 12.7. The second kappa shape index (κ2) is 6.08. The van der Waals surface area contributed by atoms with Crippen molar-refractivity contribution in [2.45, 2.75) is 24.6 Å². The number of alkyl halides is 1. The van der Waals surface area contributed by atoms with Crippen LogP contribution in [0.25, 0.3) is 0 Å². The third-order valence-corrected chi connectivity index (χ3v) is 5.65. The van der Waals surface area contributed by atoms with Crippen molar-refractivity contribution in [3.05, 3.63) is 59.2 Å². The molecule has 0 unspecified atom stereocenters. The predicted octanol–water partition coefficient (Wildman–Crippen LogP) is 3.87. The number of rotatable bonds is 4. The van der Waals surface area contributed by atoms with Gasteiger partial charge < -0.3 is 0 Å². The van der Waals surface area contributed by atoms with Gasteiger partial charge in [-0.2, -0.15) is 0 Å². The van der Waals surface area contributed by atoms with Crippen molar-refractivity contribution in [1.29, 1.82) is 0 Å². The van der Waals surface area contributed by atoms with Crippen LogP contribution in [0.2, 0.25) is 0 Å². The van der Waals surface area contributed by atoms with Crippen molar-refractivity contribution < 1.29 is 8.42 Å². The van der Waals surface area contributed by atoms with Crippen LogP contribution in [-0.4, -0.2) is 15.5 Å². The summed E-state index contributed by atoms with van der Waals surface area (Å²) in [6.45, 7) is 3.72. The Bertz CT molecular complexity index is 757. The van der Waals surface area contributed by atoms with Gasteiger partial charge in [0.2, 0.25) is 0 Å². The molecular formula is C16H18ClNO2S. The third-order valence-electron chi connectivity index (χ3n) is 3.41. The van der Waals surface area contributed by atoms with E-state index in [0.717, 1.165) is 11.1 Å². The highest BCUT2D eigenvalue weighted by atomic mass is 35.5. The molecule has 21 heavy (non-hydrogen) atoms. The topological polar surface area (TPSA) is 37.4 Å². The van der Waals surface area contributed by atoms with Crippen LogP contribution < -0.4 is 4.31 Å². The largest absolute Gasteiger partial charge is 0.269 e. The van der Waals surface area contributed by atoms with Crippen molar-refractivity contribution >= 4 is 27.3 Å². The summed E-state index contributed by atoms with van der Waals surface area (Å²) in [6.07, 6.45) is 0. The van der Waals surface area contributed by atoms with Gasteiger partial charge in [0.15, 0.2) is 0 Å². The lowest BCUT2D eigenvalue weighted by molar-refractivity contribution is 0.593. The minimum Gasteiger partial charge on any atom is -0.269 e. The third kappa shape index (κ3) is 3.22. The van der Waals surface area contributed by atoms with E-state index in [0.29, 0.717) is 16.1 Å². The normalized spacial score (nSPS) is 11.4. The molecule has 0 N–H and O–H groups in total. The fourth-order valence-electron chi connectivity index (χ4n) is 2.12. The second-order valence-corrected chi connectivity index (χ2v) is 7.25. The van der Waals surface area contributed by atoms with E-state index in [1.807, 2.05) is 31.2 Å². The lowest BCUT2D eigenvalue weighted by Crippen LogP contribution is -2.27. The molecule has 0 aliphatic rings. The van der Waals surface area contributed by atoms with E-state index in [1.54, 1.807) is 32.2 Å². The van der Waals surface area contributed by atoms with Crippen LogP contribution in [0.1, 0.15) is 16.7 Å². The Hall–Kier alpha value is -1.52. The summed E-state index contributed by atoms with van der Waals surface area (Å²) in [4.78, 5) is 0.296. The number of nitrogens with zero attached hydrogens (tertiary/aromatic N) is 1. The van der Waals surface area contributed by atoms with Gasteiger partial charge >= 0.3 is 0 Å². The zero-order valence-electron chi connectivity index (χ0n) is 12.3. The molecular weight excluding hydrogens is 306 g/mol. The van der Waals surface area contributed by atoms with E-state index in [4.69, 9.17) is 11.6 Å². The van der Waals surface area contributed by atoms with Crippen LogP contribution in [0.5, 0.6) is 0 Å². The molecule has 0 atom stereocenters. The van der Waals surface area contributed by atoms with Crippen molar-refractivity contribution in [1.82, 2.24) is 0 Å². The molecule has 0 spiro atoms. The average molecular weight is 324 g/mol. The van der Waals surface area contributed by atoms with E-state index >= 15 is 0 Å². The second-order valence-electron chi connectivity index (χ2n) is 5.05. The maximum atomic E-state index is 12.8. The Morgan fingerprint density at radius 1 is 1.10 bits per heavy atom. The summed E-state index contributed by atoms with van der Waals surface area (Å²) >= 11 is 5.81. The summed E-state index contributed by atoms with van der Waals surface area (Å²) in [5.41, 5.74) is 3.16. The SMILES string of the molecule is Cc1cccc(N(C)S(=O)(=O)c2cc(CCl)ccc2C)c1. The number of aryl methyl sites for hydroxylation is 2. The average Bonchev–Trinajstić information content (AvgIpc) is 2.46. The van der Waals surface area contributed by atoms with Gasteiger partial charge in [-0.3, -0.25) is 4.31 Å². The first-order valence-electron chi connectivity index (χ1n) is 6.57. The standard InChI is InChI=1S/C16H18ClNO2S/c1-12-5-4-6-15(9-12)18(3)21(19,20)16-10-14(11-17)8-7-13(16)2/h4-10H,11H2,1-3H3. The van der Waals surface area contributed by atoms with Crippen molar-refractivity contribution in [2.75, 3.05) is 11.4 Å².